The van der Waals surface area contributed by atoms with Gasteiger partial charge in [-0.15, -0.1) is 6.04 Å². The molecule has 2 heteroatoms. The van der Waals surface area contributed by atoms with Gasteiger partial charge in [0, 0.05) is 32.7 Å². The first-order chi connectivity index (χ1) is 4.72. The minimum absolute atomic E-state index is 0. The predicted molar refractivity (Wildman–Crippen MR) is 43.1 cm³/mol. The van der Waals surface area contributed by atoms with Gasteiger partial charge in [-0.3, -0.25) is 6.08 Å². The Morgan fingerprint density at radius 1 is 1.55 bits per heavy atom. The van der Waals surface area contributed by atoms with Crippen LogP contribution in [-0.2, 0) is 32.7 Å². The van der Waals surface area contributed by atoms with Crippen molar-refractivity contribution in [2.24, 2.45) is 5.92 Å². The second-order valence-corrected chi connectivity index (χ2v) is 3.13. The number of rotatable bonds is 2. The molecule has 0 aromatic rings. The second kappa shape index (κ2) is 5.32. The minimum Gasteiger partial charge on any atom is -0.576 e. The van der Waals surface area contributed by atoms with E-state index in [0.717, 1.165) is 13.0 Å². The fourth-order valence-electron chi connectivity index (χ4n) is 1.07. The van der Waals surface area contributed by atoms with E-state index >= 15 is 0 Å². The molecule has 0 fully saturated rings. The second-order valence-electron chi connectivity index (χ2n) is 3.13. The molecule has 0 N–H and O–H groups in total. The van der Waals surface area contributed by atoms with Gasteiger partial charge < -0.3 is 18.0 Å². The van der Waals surface area contributed by atoms with Crippen LogP contribution in [0.1, 0.15) is 20.3 Å². The summed E-state index contributed by atoms with van der Waals surface area (Å²) < 4.78 is 0. The standard InChI is InChI=1S/C9H15N.Y/c1-8(2)9(3)10-6-4-5-7-10;/h4,8-9H,3,5,7H2,1-2H3;/q-2;. The monoisotopic (exact) mass is 226 g/mol. The van der Waals surface area contributed by atoms with Gasteiger partial charge in [0.2, 0.25) is 0 Å². The summed E-state index contributed by atoms with van der Waals surface area (Å²) in [4.78, 5) is 2.19. The molecule has 0 spiro atoms. The Hall–Kier alpha value is 0.644. The molecule has 1 aliphatic rings. The van der Waals surface area contributed by atoms with Crippen LogP contribution >= 0.6 is 0 Å². The third-order valence-corrected chi connectivity index (χ3v) is 1.94. The Kier molecular flexibility index (Phi) is 5.63. The summed E-state index contributed by atoms with van der Waals surface area (Å²) in [6.07, 6.45) is 6.41. The van der Waals surface area contributed by atoms with Crippen molar-refractivity contribution in [3.05, 3.63) is 19.2 Å². The minimum atomic E-state index is 0. The van der Waals surface area contributed by atoms with Crippen LogP contribution in [-0.4, -0.2) is 17.5 Å². The van der Waals surface area contributed by atoms with E-state index in [1.54, 1.807) is 0 Å². The fraction of sp³-hybridized carbons (Fsp3) is 0.667. The van der Waals surface area contributed by atoms with E-state index in [-0.39, 0.29) is 32.7 Å². The van der Waals surface area contributed by atoms with E-state index in [4.69, 9.17) is 0 Å². The molecular weight excluding hydrogens is 211 g/mol. The van der Waals surface area contributed by atoms with Gasteiger partial charge in [-0.2, -0.15) is 0 Å². The Labute approximate surface area is 95.1 Å². The summed E-state index contributed by atoms with van der Waals surface area (Å²) in [5, 5.41) is 0. The van der Waals surface area contributed by atoms with Gasteiger partial charge >= 0.3 is 0 Å². The first kappa shape index (κ1) is 11.6. The number of hydrogen-bond donors (Lipinski definition) is 0. The van der Waals surface area contributed by atoms with Crippen LogP contribution in [0.25, 0.3) is 0 Å². The molecule has 0 aliphatic carbocycles. The normalized spacial score (nSPS) is 18.7. The van der Waals surface area contributed by atoms with Crippen LogP contribution in [0.2, 0.25) is 0 Å². The molecule has 0 aromatic carbocycles. The zero-order valence-corrected chi connectivity index (χ0v) is 10.2. The van der Waals surface area contributed by atoms with Crippen LogP contribution in [0.3, 0.4) is 0 Å². The third-order valence-electron chi connectivity index (χ3n) is 1.94. The summed E-state index contributed by atoms with van der Waals surface area (Å²) in [6, 6.07) is 0.402. The van der Waals surface area contributed by atoms with Crippen LogP contribution in [0.15, 0.2) is 6.08 Å². The first-order valence-corrected chi connectivity index (χ1v) is 3.89. The average molecular weight is 226 g/mol. The molecule has 1 unspecified atom stereocenters. The topological polar surface area (TPSA) is 3.24 Å². The molecule has 0 aromatic heterocycles. The Balaban J connectivity index is 0.000001000. The quantitative estimate of drug-likeness (QED) is 0.649. The molecule has 1 aliphatic heterocycles. The van der Waals surface area contributed by atoms with E-state index in [2.05, 4.69) is 37.9 Å². The molecule has 1 rings (SSSR count). The van der Waals surface area contributed by atoms with Crippen molar-refractivity contribution in [1.82, 2.24) is 4.90 Å². The van der Waals surface area contributed by atoms with Gasteiger partial charge in [0.25, 0.3) is 0 Å². The van der Waals surface area contributed by atoms with Crippen LogP contribution in [0.5, 0.6) is 0 Å². The van der Waals surface area contributed by atoms with E-state index in [9.17, 15) is 0 Å². The molecule has 0 saturated carbocycles. The molecule has 11 heavy (non-hydrogen) atoms. The Morgan fingerprint density at radius 2 is 2.18 bits per heavy atom. The van der Waals surface area contributed by atoms with E-state index in [1.807, 2.05) is 0 Å². The summed E-state index contributed by atoms with van der Waals surface area (Å²) in [5.41, 5.74) is 0. The first-order valence-electron chi connectivity index (χ1n) is 3.89. The summed E-state index contributed by atoms with van der Waals surface area (Å²) in [7, 11) is 0. The maximum Gasteiger partial charge on any atom is 0 e. The SMILES string of the molecule is [CH2-]C(C(C)C)N1[C-]=CCC1.[Y]. The van der Waals surface area contributed by atoms with Gasteiger partial charge in [0.15, 0.2) is 0 Å². The zero-order chi connectivity index (χ0) is 7.56. The maximum atomic E-state index is 4.06. The Morgan fingerprint density at radius 3 is 2.55 bits per heavy atom. The summed E-state index contributed by atoms with van der Waals surface area (Å²) >= 11 is 0. The van der Waals surface area contributed by atoms with Crippen molar-refractivity contribution in [2.75, 3.05) is 6.54 Å². The van der Waals surface area contributed by atoms with Crippen molar-refractivity contribution in [3.63, 3.8) is 0 Å². The van der Waals surface area contributed by atoms with Crippen molar-refractivity contribution in [1.29, 1.82) is 0 Å². The molecule has 1 radical (unpaired) electrons. The van der Waals surface area contributed by atoms with Gasteiger partial charge in [-0.25, -0.2) is 0 Å². The number of hydrogen-bond acceptors (Lipinski definition) is 1. The molecule has 0 saturated heterocycles. The van der Waals surface area contributed by atoms with Crippen LogP contribution < -0.4 is 0 Å². The van der Waals surface area contributed by atoms with Gasteiger partial charge in [0.1, 0.15) is 0 Å². The largest absolute Gasteiger partial charge is 0.576 e. The molecule has 1 atom stereocenters. The Bertz CT molecular complexity index is 132. The van der Waals surface area contributed by atoms with Gasteiger partial charge in [-0.1, -0.05) is 26.2 Å². The molecule has 1 heterocycles. The predicted octanol–water partition coefficient (Wildman–Crippen LogP) is 1.87. The van der Waals surface area contributed by atoms with E-state index < -0.39 is 0 Å². The van der Waals surface area contributed by atoms with Crippen LogP contribution in [0.4, 0.5) is 0 Å². The smallest absolute Gasteiger partial charge is 0 e. The van der Waals surface area contributed by atoms with Crippen molar-refractivity contribution < 1.29 is 32.7 Å². The maximum absolute atomic E-state index is 4.06. The molecule has 0 amide bonds. The molecule has 1 nitrogen and oxygen atoms in total. The molecule has 0 bridgehead atoms. The fourth-order valence-corrected chi connectivity index (χ4v) is 1.07. The summed E-state index contributed by atoms with van der Waals surface area (Å²) in [5.74, 6) is 0.624. The molecular formula is C9H15NY-2. The number of nitrogens with zero attached hydrogens (tertiary/aromatic N) is 1. The zero-order valence-electron chi connectivity index (χ0n) is 7.38. The van der Waals surface area contributed by atoms with Gasteiger partial charge in [-0.05, 0) is 6.54 Å². The van der Waals surface area contributed by atoms with Crippen molar-refractivity contribution in [2.45, 2.75) is 26.3 Å². The van der Waals surface area contributed by atoms with Crippen LogP contribution in [0, 0.1) is 19.0 Å². The van der Waals surface area contributed by atoms with Crippen molar-refractivity contribution in [3.8, 4) is 0 Å². The van der Waals surface area contributed by atoms with E-state index in [0.29, 0.717) is 12.0 Å². The summed E-state index contributed by atoms with van der Waals surface area (Å²) in [6.45, 7) is 9.55. The van der Waals surface area contributed by atoms with Gasteiger partial charge in [0.05, 0.1) is 0 Å². The molecule has 61 valence electrons. The average Bonchev–Trinajstić information content (AvgIpc) is 2.36. The van der Waals surface area contributed by atoms with Crippen molar-refractivity contribution >= 4 is 0 Å². The third kappa shape index (κ3) is 3.25. The van der Waals surface area contributed by atoms with E-state index in [1.165, 1.54) is 0 Å².